The maximum absolute atomic E-state index is 10.6. The number of aliphatic hydroxyl groups excluding tert-OH is 1. The fourth-order valence-corrected chi connectivity index (χ4v) is 3.33. The summed E-state index contributed by atoms with van der Waals surface area (Å²) in [6.07, 6.45) is 5.44. The molecule has 1 heterocycles. The van der Waals surface area contributed by atoms with Gasteiger partial charge in [-0.3, -0.25) is 0 Å². The number of hydrogen-bond donors (Lipinski definition) is 2. The fourth-order valence-electron chi connectivity index (χ4n) is 3.33. The molecule has 3 rings (SSSR count). The molecule has 1 aliphatic carbocycles. The van der Waals surface area contributed by atoms with Crippen molar-refractivity contribution in [2.45, 2.75) is 51.2 Å². The summed E-state index contributed by atoms with van der Waals surface area (Å²) in [5.74, 6) is 0.705. The molecular formula is C19H27ClN2O2. The van der Waals surface area contributed by atoms with Crippen molar-refractivity contribution in [3.05, 3.63) is 42.2 Å². The molecule has 0 amide bonds. The van der Waals surface area contributed by atoms with E-state index < -0.39 is 6.10 Å². The zero-order valence-corrected chi connectivity index (χ0v) is 15.0. The van der Waals surface area contributed by atoms with Gasteiger partial charge in [0.15, 0.2) is 5.76 Å². The first-order valence-electron chi connectivity index (χ1n) is 8.71. The van der Waals surface area contributed by atoms with Crippen LogP contribution in [0.2, 0.25) is 0 Å². The highest BCUT2D eigenvalue weighted by molar-refractivity contribution is 5.85. The van der Waals surface area contributed by atoms with Crippen LogP contribution in [0.3, 0.4) is 0 Å². The van der Waals surface area contributed by atoms with E-state index in [9.17, 15) is 5.11 Å². The lowest BCUT2D eigenvalue weighted by atomic mass is 9.96. The zero-order chi connectivity index (χ0) is 16.1. The third kappa shape index (κ3) is 4.59. The van der Waals surface area contributed by atoms with Gasteiger partial charge in [0.1, 0.15) is 11.8 Å². The highest BCUT2D eigenvalue weighted by atomic mass is 35.5. The van der Waals surface area contributed by atoms with E-state index >= 15 is 0 Å². The number of aromatic nitrogens is 1. The van der Waals surface area contributed by atoms with Gasteiger partial charge in [0.2, 0.25) is 0 Å². The highest BCUT2D eigenvalue weighted by Crippen LogP contribution is 2.28. The molecule has 1 saturated carbocycles. The van der Waals surface area contributed by atoms with E-state index in [1.807, 2.05) is 36.4 Å². The second kappa shape index (κ2) is 9.21. The number of benzene rings is 1. The summed E-state index contributed by atoms with van der Waals surface area (Å²) in [5, 5.41) is 18.3. The predicted molar refractivity (Wildman–Crippen MR) is 98.2 cm³/mol. The molecule has 0 aliphatic heterocycles. The number of nitrogens with one attached hydrogen (secondary N) is 1. The van der Waals surface area contributed by atoms with Crippen molar-refractivity contribution >= 4 is 12.4 Å². The average Bonchev–Trinajstić information content (AvgIpc) is 3.28. The van der Waals surface area contributed by atoms with E-state index in [4.69, 9.17) is 4.52 Å². The van der Waals surface area contributed by atoms with Gasteiger partial charge in [-0.1, -0.05) is 55.3 Å². The quantitative estimate of drug-likeness (QED) is 0.779. The Labute approximate surface area is 150 Å². The summed E-state index contributed by atoms with van der Waals surface area (Å²) in [5.41, 5.74) is 1.78. The average molecular weight is 351 g/mol. The lowest BCUT2D eigenvalue weighted by Crippen LogP contribution is -2.33. The minimum absolute atomic E-state index is 0. The third-order valence-corrected chi connectivity index (χ3v) is 4.88. The van der Waals surface area contributed by atoms with Gasteiger partial charge in [-0.05, 0) is 19.3 Å². The Morgan fingerprint density at radius 1 is 1.25 bits per heavy atom. The minimum Gasteiger partial charge on any atom is -0.385 e. The molecule has 1 aromatic heterocycles. The molecule has 0 radical (unpaired) electrons. The topological polar surface area (TPSA) is 58.3 Å². The molecule has 1 fully saturated rings. The third-order valence-electron chi connectivity index (χ3n) is 4.88. The van der Waals surface area contributed by atoms with Crippen molar-refractivity contribution in [2.75, 3.05) is 6.54 Å². The molecule has 1 aromatic carbocycles. The Morgan fingerprint density at radius 2 is 1.96 bits per heavy atom. The predicted octanol–water partition coefficient (Wildman–Crippen LogP) is 4.36. The molecule has 132 valence electrons. The fraction of sp³-hybridized carbons (Fsp3) is 0.526. The molecule has 2 aromatic rings. The van der Waals surface area contributed by atoms with E-state index in [2.05, 4.69) is 17.4 Å². The first-order valence-corrected chi connectivity index (χ1v) is 8.71. The molecule has 2 N–H and O–H groups in total. The van der Waals surface area contributed by atoms with E-state index in [1.165, 1.54) is 25.7 Å². The largest absolute Gasteiger partial charge is 0.385 e. The molecule has 0 saturated heterocycles. The van der Waals surface area contributed by atoms with Gasteiger partial charge < -0.3 is 14.9 Å². The Balaban J connectivity index is 0.00000208. The maximum Gasteiger partial charge on any atom is 0.166 e. The standard InChI is InChI=1S/C19H26N2O2.ClH/c1-2-14(13-20-16-10-6-7-11-16)19(22)18-12-17(21-23-18)15-8-4-3-5-9-15;/h3-5,8-9,12,14,16,19-20,22H,2,6-7,10-11,13H2,1H3;1H. The van der Waals surface area contributed by atoms with Crippen molar-refractivity contribution in [3.63, 3.8) is 0 Å². The van der Waals surface area contributed by atoms with E-state index in [0.29, 0.717) is 11.8 Å². The van der Waals surface area contributed by atoms with Crippen LogP contribution in [0.25, 0.3) is 11.3 Å². The molecule has 2 atom stereocenters. The smallest absolute Gasteiger partial charge is 0.166 e. The molecular weight excluding hydrogens is 324 g/mol. The number of hydrogen-bond acceptors (Lipinski definition) is 4. The Bertz CT molecular complexity index is 596. The second-order valence-corrected chi connectivity index (χ2v) is 6.48. The van der Waals surface area contributed by atoms with Crippen LogP contribution in [-0.4, -0.2) is 22.8 Å². The number of halogens is 1. The van der Waals surface area contributed by atoms with Gasteiger partial charge in [0.05, 0.1) is 0 Å². The number of aliphatic hydroxyl groups is 1. The van der Waals surface area contributed by atoms with Crippen LogP contribution in [0.4, 0.5) is 0 Å². The van der Waals surface area contributed by atoms with Crippen LogP contribution in [0.1, 0.15) is 50.9 Å². The second-order valence-electron chi connectivity index (χ2n) is 6.48. The van der Waals surface area contributed by atoms with Crippen molar-refractivity contribution in [1.82, 2.24) is 10.5 Å². The number of nitrogens with zero attached hydrogens (tertiary/aromatic N) is 1. The van der Waals surface area contributed by atoms with Crippen molar-refractivity contribution in [3.8, 4) is 11.3 Å². The van der Waals surface area contributed by atoms with Gasteiger partial charge in [-0.2, -0.15) is 0 Å². The Morgan fingerprint density at radius 3 is 2.62 bits per heavy atom. The lowest BCUT2D eigenvalue weighted by molar-refractivity contribution is 0.0750. The molecule has 1 aliphatic rings. The van der Waals surface area contributed by atoms with Crippen molar-refractivity contribution in [2.24, 2.45) is 5.92 Å². The molecule has 5 heteroatoms. The summed E-state index contributed by atoms with van der Waals surface area (Å²) >= 11 is 0. The highest BCUT2D eigenvalue weighted by Gasteiger charge is 2.25. The van der Waals surface area contributed by atoms with Gasteiger partial charge in [0, 0.05) is 30.1 Å². The van der Waals surface area contributed by atoms with Crippen LogP contribution in [0.15, 0.2) is 40.9 Å². The first-order chi connectivity index (χ1) is 11.3. The van der Waals surface area contributed by atoms with E-state index in [-0.39, 0.29) is 18.3 Å². The van der Waals surface area contributed by atoms with Crippen molar-refractivity contribution in [1.29, 1.82) is 0 Å². The Kier molecular flexibility index (Phi) is 7.28. The normalized spacial score (nSPS) is 17.4. The van der Waals surface area contributed by atoms with Gasteiger partial charge >= 0.3 is 0 Å². The summed E-state index contributed by atoms with van der Waals surface area (Å²) in [6, 6.07) is 12.4. The molecule has 2 unspecified atom stereocenters. The lowest BCUT2D eigenvalue weighted by Gasteiger charge is -2.22. The van der Waals surface area contributed by atoms with E-state index in [1.54, 1.807) is 0 Å². The van der Waals surface area contributed by atoms with Crippen LogP contribution in [-0.2, 0) is 0 Å². The first kappa shape index (κ1) is 19.0. The summed E-state index contributed by atoms with van der Waals surface area (Å²) < 4.78 is 5.41. The van der Waals surface area contributed by atoms with Gasteiger partial charge in [-0.15, -0.1) is 12.4 Å². The molecule has 0 spiro atoms. The maximum atomic E-state index is 10.6. The van der Waals surface area contributed by atoms with Crippen LogP contribution in [0, 0.1) is 5.92 Å². The SMILES string of the molecule is CCC(CNC1CCCC1)C(O)c1cc(-c2ccccc2)no1.Cl. The summed E-state index contributed by atoms with van der Waals surface area (Å²) in [6.45, 7) is 2.93. The van der Waals surface area contributed by atoms with Crippen LogP contribution >= 0.6 is 12.4 Å². The van der Waals surface area contributed by atoms with Crippen molar-refractivity contribution < 1.29 is 9.63 Å². The van der Waals surface area contributed by atoms with Gasteiger partial charge in [-0.25, -0.2) is 0 Å². The molecule has 0 bridgehead atoms. The number of rotatable bonds is 7. The Hall–Kier alpha value is -1.36. The van der Waals surface area contributed by atoms with Gasteiger partial charge in [0.25, 0.3) is 0 Å². The monoisotopic (exact) mass is 350 g/mol. The summed E-state index contributed by atoms with van der Waals surface area (Å²) in [4.78, 5) is 0. The minimum atomic E-state index is -0.612. The van der Waals surface area contributed by atoms with Crippen LogP contribution < -0.4 is 5.32 Å². The molecule has 24 heavy (non-hydrogen) atoms. The zero-order valence-electron chi connectivity index (χ0n) is 14.1. The summed E-state index contributed by atoms with van der Waals surface area (Å²) in [7, 11) is 0. The van der Waals surface area contributed by atoms with Crippen LogP contribution in [0.5, 0.6) is 0 Å². The molecule has 4 nitrogen and oxygen atoms in total. The van der Waals surface area contributed by atoms with E-state index in [0.717, 1.165) is 24.2 Å².